The molecule has 1 nitrogen and oxygen atoms in total. The van der Waals surface area contributed by atoms with Gasteiger partial charge in [0.15, 0.2) is 0 Å². The van der Waals surface area contributed by atoms with Gasteiger partial charge in [-0.1, -0.05) is 6.92 Å². The first-order valence-corrected chi connectivity index (χ1v) is 3.75. The van der Waals surface area contributed by atoms with Gasteiger partial charge in [-0.2, -0.15) is 12.6 Å². The van der Waals surface area contributed by atoms with Crippen LogP contribution in [0.1, 0.15) is 13.3 Å². The average Bonchev–Trinajstić information content (AvgIpc) is 1.64. The molecule has 1 heterocycles. The zero-order valence-electron chi connectivity index (χ0n) is 5.30. The summed E-state index contributed by atoms with van der Waals surface area (Å²) in [6, 6.07) is 0. The molecule has 0 radical (unpaired) electrons. The van der Waals surface area contributed by atoms with Crippen LogP contribution in [0.4, 0.5) is 0 Å². The molecule has 48 valence electrons. The zero-order chi connectivity index (χ0) is 5.98. The van der Waals surface area contributed by atoms with Crippen LogP contribution in [0.25, 0.3) is 0 Å². The third-order valence-corrected chi connectivity index (χ3v) is 1.80. The van der Waals surface area contributed by atoms with Crippen molar-refractivity contribution in [3.8, 4) is 0 Å². The first kappa shape index (κ1) is 6.43. The van der Waals surface area contributed by atoms with E-state index in [4.69, 9.17) is 0 Å². The first-order chi connectivity index (χ1) is 3.83. The fraction of sp³-hybridized carbons (Fsp3) is 1.00. The Morgan fingerprint density at radius 2 is 2.25 bits per heavy atom. The van der Waals surface area contributed by atoms with E-state index in [0.29, 0.717) is 5.25 Å². The fourth-order valence-electron chi connectivity index (χ4n) is 1.04. The summed E-state index contributed by atoms with van der Waals surface area (Å²) in [6.45, 7) is 5.89. The lowest BCUT2D eigenvalue weighted by Gasteiger charge is -2.35. The number of rotatable bonds is 2. The quantitative estimate of drug-likeness (QED) is 0.547. The van der Waals surface area contributed by atoms with Crippen LogP contribution in [0.5, 0.6) is 0 Å². The molecule has 2 heteroatoms. The third-order valence-electron chi connectivity index (χ3n) is 1.48. The van der Waals surface area contributed by atoms with Crippen LogP contribution < -0.4 is 0 Å². The number of thiol groups is 1. The van der Waals surface area contributed by atoms with E-state index >= 15 is 0 Å². The summed E-state index contributed by atoms with van der Waals surface area (Å²) >= 11 is 4.30. The van der Waals surface area contributed by atoms with E-state index in [9.17, 15) is 0 Å². The Hall–Kier alpha value is 0.310. The molecule has 1 aliphatic heterocycles. The molecule has 0 aromatic rings. The lowest BCUT2D eigenvalue weighted by atomic mass is 10.2. The predicted octanol–water partition coefficient (Wildman–Crippen LogP) is 1.01. The van der Waals surface area contributed by atoms with Crippen molar-refractivity contribution in [2.45, 2.75) is 18.6 Å². The summed E-state index contributed by atoms with van der Waals surface area (Å²) < 4.78 is 0. The second-order valence-corrected chi connectivity index (χ2v) is 3.14. The van der Waals surface area contributed by atoms with Crippen molar-refractivity contribution >= 4 is 12.6 Å². The maximum absolute atomic E-state index is 4.30. The highest BCUT2D eigenvalue weighted by atomic mass is 32.1. The van der Waals surface area contributed by atoms with Gasteiger partial charge in [0.05, 0.1) is 0 Å². The largest absolute Gasteiger partial charge is 0.301 e. The first-order valence-electron chi connectivity index (χ1n) is 3.23. The molecule has 0 N–H and O–H groups in total. The Balaban J connectivity index is 1.98. The van der Waals surface area contributed by atoms with Crippen LogP contribution in [0.3, 0.4) is 0 Å². The summed E-state index contributed by atoms with van der Waals surface area (Å²) in [5.41, 5.74) is 0. The molecule has 0 atom stereocenters. The number of nitrogens with zero attached hydrogens (tertiary/aromatic N) is 1. The van der Waals surface area contributed by atoms with Crippen LogP contribution in [-0.2, 0) is 0 Å². The van der Waals surface area contributed by atoms with Gasteiger partial charge in [-0.15, -0.1) is 0 Å². The summed E-state index contributed by atoms with van der Waals surface area (Å²) in [5, 5.41) is 0.668. The molecule has 1 saturated heterocycles. The number of likely N-dealkylation sites (tertiary alicyclic amines) is 1. The molecule has 0 aromatic carbocycles. The molecule has 0 unspecified atom stereocenters. The standard InChI is InChI=1S/C6H13NS/c1-2-3-7-4-6(8)5-7/h6,8H,2-5H2,1H3. The second kappa shape index (κ2) is 2.74. The summed E-state index contributed by atoms with van der Waals surface area (Å²) in [7, 11) is 0. The monoisotopic (exact) mass is 131 g/mol. The molecule has 1 fully saturated rings. The summed E-state index contributed by atoms with van der Waals surface area (Å²) in [4.78, 5) is 2.43. The van der Waals surface area contributed by atoms with E-state index in [1.807, 2.05) is 0 Å². The van der Waals surface area contributed by atoms with E-state index in [1.54, 1.807) is 0 Å². The zero-order valence-corrected chi connectivity index (χ0v) is 6.19. The summed E-state index contributed by atoms with van der Waals surface area (Å²) in [6.07, 6.45) is 1.28. The molecule has 0 bridgehead atoms. The molecule has 8 heavy (non-hydrogen) atoms. The molecule has 0 amide bonds. The smallest absolute Gasteiger partial charge is 0.0272 e. The maximum atomic E-state index is 4.30. The van der Waals surface area contributed by atoms with Crippen LogP contribution in [0.15, 0.2) is 0 Å². The Bertz CT molecular complexity index is 66.2. The molecule has 0 aliphatic carbocycles. The van der Waals surface area contributed by atoms with Gasteiger partial charge in [0.1, 0.15) is 0 Å². The third kappa shape index (κ3) is 1.39. The Labute approximate surface area is 56.5 Å². The van der Waals surface area contributed by atoms with Crippen molar-refractivity contribution in [2.24, 2.45) is 0 Å². The van der Waals surface area contributed by atoms with E-state index in [1.165, 1.54) is 26.1 Å². The Morgan fingerprint density at radius 1 is 1.62 bits per heavy atom. The SMILES string of the molecule is CCCN1CC(S)C1. The van der Waals surface area contributed by atoms with Gasteiger partial charge in [0.25, 0.3) is 0 Å². The number of hydrogen-bond donors (Lipinski definition) is 1. The highest BCUT2D eigenvalue weighted by Crippen LogP contribution is 2.12. The van der Waals surface area contributed by atoms with Gasteiger partial charge in [0, 0.05) is 18.3 Å². The Morgan fingerprint density at radius 3 is 2.62 bits per heavy atom. The maximum Gasteiger partial charge on any atom is 0.0272 e. The van der Waals surface area contributed by atoms with E-state index < -0.39 is 0 Å². The molecular weight excluding hydrogens is 118 g/mol. The van der Waals surface area contributed by atoms with Gasteiger partial charge in [-0.05, 0) is 13.0 Å². The molecule has 0 aromatic heterocycles. The van der Waals surface area contributed by atoms with Gasteiger partial charge in [0.2, 0.25) is 0 Å². The van der Waals surface area contributed by atoms with Crippen LogP contribution in [0, 0.1) is 0 Å². The second-order valence-electron chi connectivity index (χ2n) is 2.41. The van der Waals surface area contributed by atoms with Gasteiger partial charge in [-0.25, -0.2) is 0 Å². The minimum atomic E-state index is 0.668. The minimum absolute atomic E-state index is 0.668. The Kier molecular flexibility index (Phi) is 2.20. The summed E-state index contributed by atoms with van der Waals surface area (Å²) in [5.74, 6) is 0. The predicted molar refractivity (Wildman–Crippen MR) is 39.5 cm³/mol. The molecule has 0 spiro atoms. The van der Waals surface area contributed by atoms with Crippen molar-refractivity contribution in [1.29, 1.82) is 0 Å². The number of hydrogen-bond acceptors (Lipinski definition) is 2. The molecule has 1 rings (SSSR count). The van der Waals surface area contributed by atoms with Gasteiger partial charge < -0.3 is 4.90 Å². The lowest BCUT2D eigenvalue weighted by molar-refractivity contribution is 0.192. The van der Waals surface area contributed by atoms with Crippen molar-refractivity contribution < 1.29 is 0 Å². The average molecular weight is 131 g/mol. The van der Waals surface area contributed by atoms with E-state index in [-0.39, 0.29) is 0 Å². The molecule has 1 aliphatic rings. The van der Waals surface area contributed by atoms with Crippen LogP contribution in [0.2, 0.25) is 0 Å². The van der Waals surface area contributed by atoms with Gasteiger partial charge >= 0.3 is 0 Å². The van der Waals surface area contributed by atoms with Crippen LogP contribution in [-0.4, -0.2) is 29.8 Å². The van der Waals surface area contributed by atoms with Crippen molar-refractivity contribution in [2.75, 3.05) is 19.6 Å². The fourth-order valence-corrected chi connectivity index (χ4v) is 1.50. The van der Waals surface area contributed by atoms with Crippen molar-refractivity contribution in [1.82, 2.24) is 4.90 Å². The minimum Gasteiger partial charge on any atom is -0.301 e. The molecule has 0 saturated carbocycles. The van der Waals surface area contributed by atoms with Gasteiger partial charge in [-0.3, -0.25) is 0 Å². The lowest BCUT2D eigenvalue weighted by Crippen LogP contribution is -2.47. The highest BCUT2D eigenvalue weighted by molar-refractivity contribution is 7.81. The molecular formula is C6H13NS. The van der Waals surface area contributed by atoms with E-state index in [0.717, 1.165) is 0 Å². The topological polar surface area (TPSA) is 3.24 Å². The van der Waals surface area contributed by atoms with E-state index in [2.05, 4.69) is 24.5 Å². The van der Waals surface area contributed by atoms with Crippen molar-refractivity contribution in [3.05, 3.63) is 0 Å². The normalized spacial score (nSPS) is 23.2. The van der Waals surface area contributed by atoms with Crippen molar-refractivity contribution in [3.63, 3.8) is 0 Å². The van der Waals surface area contributed by atoms with Crippen LogP contribution >= 0.6 is 12.6 Å². The highest BCUT2D eigenvalue weighted by Gasteiger charge is 2.21.